The minimum atomic E-state index is -0.903. The number of aliphatic hydroxyl groups excluding tert-OH is 2. The van der Waals surface area contributed by atoms with Crippen LogP contribution in [0.3, 0.4) is 0 Å². The Morgan fingerprint density at radius 2 is 2.00 bits per heavy atom. The largest absolute Gasteiger partial charge is 0.477 e. The quantitative estimate of drug-likeness (QED) is 0.519. The first-order valence-corrected chi connectivity index (χ1v) is 11.0. The number of nitrogens with zero attached hydrogens (tertiary/aromatic N) is 2. The molecule has 166 valence electrons. The molecule has 0 saturated heterocycles. The summed E-state index contributed by atoms with van der Waals surface area (Å²) in [6.45, 7) is 5.14. The lowest BCUT2D eigenvalue weighted by molar-refractivity contribution is -0.139. The second-order valence-electron chi connectivity index (χ2n) is 7.13. The molecule has 0 aliphatic carbocycles. The van der Waals surface area contributed by atoms with E-state index in [1.807, 2.05) is 19.2 Å². The highest BCUT2D eigenvalue weighted by Crippen LogP contribution is 2.30. The molecule has 0 spiro atoms. The Morgan fingerprint density at radius 1 is 1.29 bits per heavy atom. The second-order valence-corrected chi connectivity index (χ2v) is 7.99. The van der Waals surface area contributed by atoms with Crippen molar-refractivity contribution in [3.63, 3.8) is 0 Å². The van der Waals surface area contributed by atoms with Gasteiger partial charge in [-0.15, -0.1) is 11.3 Å². The van der Waals surface area contributed by atoms with Gasteiger partial charge in [-0.2, -0.15) is 0 Å². The fourth-order valence-electron chi connectivity index (χ4n) is 3.25. The second kappa shape index (κ2) is 10.0. The number of rotatable bonds is 9. The molecule has 1 atom stereocenters. The first kappa shape index (κ1) is 22.9. The summed E-state index contributed by atoms with van der Waals surface area (Å²) in [7, 11) is 0. The van der Waals surface area contributed by atoms with Gasteiger partial charge in [-0.1, -0.05) is 6.92 Å². The maximum Gasteiger partial charge on any atom is 0.263 e. The summed E-state index contributed by atoms with van der Waals surface area (Å²) < 4.78 is 11.7. The molecule has 8 nitrogen and oxygen atoms in total. The van der Waals surface area contributed by atoms with Gasteiger partial charge in [0.25, 0.3) is 5.91 Å². The summed E-state index contributed by atoms with van der Waals surface area (Å²) in [5, 5.41) is 21.2. The fraction of sp³-hybridized carbons (Fsp3) is 0.409. The van der Waals surface area contributed by atoms with Crippen molar-refractivity contribution in [3.8, 4) is 16.3 Å². The number of benzene rings is 1. The van der Waals surface area contributed by atoms with E-state index in [0.29, 0.717) is 28.1 Å². The minimum Gasteiger partial charge on any atom is -0.477 e. The average molecular weight is 447 g/mol. The molecular formula is C22H26N2O6S. The van der Waals surface area contributed by atoms with Gasteiger partial charge in [0.2, 0.25) is 5.43 Å². The molecule has 1 aromatic carbocycles. The molecule has 0 aliphatic rings. The van der Waals surface area contributed by atoms with Crippen LogP contribution in [0.25, 0.3) is 21.5 Å². The molecule has 2 aromatic heterocycles. The van der Waals surface area contributed by atoms with Gasteiger partial charge in [0.15, 0.2) is 17.4 Å². The molecule has 31 heavy (non-hydrogen) atoms. The molecule has 1 amide bonds. The minimum absolute atomic E-state index is 0.0918. The molecule has 0 bridgehead atoms. The highest BCUT2D eigenvalue weighted by molar-refractivity contribution is 7.13. The number of carbonyl (C=O) groups excluding carboxylic acids is 1. The van der Waals surface area contributed by atoms with Gasteiger partial charge in [0.05, 0.1) is 24.2 Å². The van der Waals surface area contributed by atoms with Crippen molar-refractivity contribution in [1.82, 2.24) is 9.88 Å². The molecule has 0 aliphatic heterocycles. The first-order chi connectivity index (χ1) is 14.9. The van der Waals surface area contributed by atoms with Gasteiger partial charge in [-0.25, -0.2) is 4.98 Å². The number of ether oxygens (including phenoxy) is 1. The van der Waals surface area contributed by atoms with Crippen LogP contribution >= 0.6 is 11.3 Å². The highest BCUT2D eigenvalue weighted by atomic mass is 32.1. The molecule has 2 heterocycles. The zero-order chi connectivity index (χ0) is 22.5. The number of carbonyl (C=O) groups is 1. The lowest BCUT2D eigenvalue weighted by atomic mass is 10.1. The number of aromatic nitrogens is 1. The van der Waals surface area contributed by atoms with E-state index in [-0.39, 0.29) is 43.2 Å². The number of amides is 1. The average Bonchev–Trinajstić information content (AvgIpc) is 3.19. The van der Waals surface area contributed by atoms with Gasteiger partial charge in [0.1, 0.15) is 11.3 Å². The Hall–Kier alpha value is -2.75. The molecule has 3 rings (SSSR count). The third-order valence-electron chi connectivity index (χ3n) is 4.86. The molecule has 3 aromatic rings. The summed E-state index contributed by atoms with van der Waals surface area (Å²) >= 11 is 1.37. The number of hydrogen-bond donors (Lipinski definition) is 2. The Kier molecular flexibility index (Phi) is 7.42. The van der Waals surface area contributed by atoms with Crippen LogP contribution < -0.4 is 10.2 Å². The molecule has 0 fully saturated rings. The van der Waals surface area contributed by atoms with E-state index < -0.39 is 6.10 Å². The summed E-state index contributed by atoms with van der Waals surface area (Å²) in [5.41, 5.74) is 2.12. The predicted molar refractivity (Wildman–Crippen MR) is 119 cm³/mol. The van der Waals surface area contributed by atoms with E-state index >= 15 is 0 Å². The first-order valence-electron chi connectivity index (χ1n) is 10.1. The van der Waals surface area contributed by atoms with Crippen molar-refractivity contribution in [2.45, 2.75) is 33.3 Å². The van der Waals surface area contributed by atoms with Crippen LogP contribution in [0.5, 0.6) is 5.75 Å². The van der Waals surface area contributed by atoms with Crippen molar-refractivity contribution in [2.75, 3.05) is 26.3 Å². The molecule has 2 N–H and O–H groups in total. The van der Waals surface area contributed by atoms with Gasteiger partial charge in [-0.05, 0) is 38.0 Å². The van der Waals surface area contributed by atoms with Crippen LogP contribution in [0.15, 0.2) is 33.0 Å². The van der Waals surface area contributed by atoms with E-state index in [1.165, 1.54) is 22.5 Å². The summed E-state index contributed by atoms with van der Waals surface area (Å²) in [6.07, 6.45) is 1.13. The number of aliphatic hydroxyl groups is 2. The Balaban J connectivity index is 2.01. The van der Waals surface area contributed by atoms with Crippen LogP contribution in [0.1, 0.15) is 25.1 Å². The van der Waals surface area contributed by atoms with Crippen LogP contribution in [-0.2, 0) is 11.2 Å². The monoisotopic (exact) mass is 446 g/mol. The maximum atomic E-state index is 13.2. The van der Waals surface area contributed by atoms with E-state index in [0.717, 1.165) is 11.3 Å². The summed E-state index contributed by atoms with van der Waals surface area (Å²) in [4.78, 5) is 31.6. The van der Waals surface area contributed by atoms with Crippen LogP contribution in [-0.4, -0.2) is 58.4 Å². The predicted octanol–water partition coefficient (Wildman–Crippen LogP) is 2.37. The van der Waals surface area contributed by atoms with Crippen molar-refractivity contribution in [2.24, 2.45) is 0 Å². The Morgan fingerprint density at radius 3 is 2.58 bits per heavy atom. The molecule has 9 heteroatoms. The lowest BCUT2D eigenvalue weighted by Gasteiger charge is -2.25. The van der Waals surface area contributed by atoms with Gasteiger partial charge in [0, 0.05) is 24.2 Å². The van der Waals surface area contributed by atoms with Crippen LogP contribution in [0.4, 0.5) is 0 Å². The Labute approximate surface area is 183 Å². The maximum absolute atomic E-state index is 13.2. The van der Waals surface area contributed by atoms with E-state index in [4.69, 9.17) is 9.15 Å². The number of aryl methyl sites for hydroxylation is 2. The third-order valence-corrected chi connectivity index (χ3v) is 5.85. The third kappa shape index (κ3) is 4.95. The van der Waals surface area contributed by atoms with Crippen molar-refractivity contribution < 1.29 is 24.2 Å². The number of thiazole rings is 1. The van der Waals surface area contributed by atoms with E-state index in [2.05, 4.69) is 4.98 Å². The number of hydrogen-bond acceptors (Lipinski definition) is 8. The SMILES string of the molecule is CCc1cc(O[C@H](C)C(=O)N(CCO)CCO)c2occ(-c3nc(C)cs3)c(=O)c2c1. The van der Waals surface area contributed by atoms with Gasteiger partial charge in [-0.3, -0.25) is 9.59 Å². The standard InChI is InChI=1S/C22H26N2O6S/c1-4-15-9-16-19(27)17(21-23-13(2)12-31-21)11-29-20(16)18(10-15)30-14(3)22(28)24(5-7-25)6-8-26/h9-12,14,25-26H,4-8H2,1-3H3/t14-/m1/s1. The number of fused-ring (bicyclic) bond motifs is 1. The zero-order valence-corrected chi connectivity index (χ0v) is 18.6. The highest BCUT2D eigenvalue weighted by Gasteiger charge is 2.24. The topological polar surface area (TPSA) is 113 Å². The van der Waals surface area contributed by atoms with Crippen molar-refractivity contribution in [1.29, 1.82) is 0 Å². The lowest BCUT2D eigenvalue weighted by Crippen LogP contribution is -2.43. The van der Waals surface area contributed by atoms with E-state index in [1.54, 1.807) is 19.1 Å². The molecule has 0 radical (unpaired) electrons. The zero-order valence-electron chi connectivity index (χ0n) is 17.8. The Bertz CT molecular complexity index is 1120. The molecule has 0 saturated carbocycles. The molecule has 0 unspecified atom stereocenters. The van der Waals surface area contributed by atoms with Crippen LogP contribution in [0.2, 0.25) is 0 Å². The van der Waals surface area contributed by atoms with E-state index in [9.17, 15) is 19.8 Å². The fourth-order valence-corrected chi connectivity index (χ4v) is 4.05. The smallest absolute Gasteiger partial charge is 0.263 e. The van der Waals surface area contributed by atoms with Gasteiger partial charge >= 0.3 is 0 Å². The van der Waals surface area contributed by atoms with Crippen LogP contribution in [0, 0.1) is 6.92 Å². The normalized spacial score (nSPS) is 12.2. The van der Waals surface area contributed by atoms with Crippen molar-refractivity contribution >= 4 is 28.2 Å². The summed E-state index contributed by atoms with van der Waals surface area (Å²) in [5.74, 6) is -0.0857. The molecular weight excluding hydrogens is 420 g/mol. The summed E-state index contributed by atoms with van der Waals surface area (Å²) in [6, 6.07) is 3.53. The van der Waals surface area contributed by atoms with Gasteiger partial charge < -0.3 is 24.3 Å². The van der Waals surface area contributed by atoms with Crippen molar-refractivity contribution in [3.05, 3.63) is 45.3 Å².